The third-order valence-corrected chi connectivity index (χ3v) is 3.53. The summed E-state index contributed by atoms with van der Waals surface area (Å²) in [7, 11) is 4.01. The van der Waals surface area contributed by atoms with E-state index in [4.69, 9.17) is 4.74 Å². The molecule has 1 aromatic carbocycles. The zero-order valence-corrected chi connectivity index (χ0v) is 12.9. The van der Waals surface area contributed by atoms with Crippen molar-refractivity contribution in [1.29, 1.82) is 0 Å². The van der Waals surface area contributed by atoms with Crippen molar-refractivity contribution in [3.63, 3.8) is 0 Å². The lowest BCUT2D eigenvalue weighted by Crippen LogP contribution is -2.40. The molecule has 0 aliphatic carbocycles. The predicted molar refractivity (Wildman–Crippen MR) is 82.1 cm³/mol. The molecule has 1 heterocycles. The Morgan fingerprint density at radius 1 is 1.38 bits per heavy atom. The number of ketones is 1. The van der Waals surface area contributed by atoms with E-state index < -0.39 is 0 Å². The molecule has 0 saturated heterocycles. The third kappa shape index (κ3) is 3.61. The van der Waals surface area contributed by atoms with E-state index in [2.05, 4.69) is 4.90 Å². The number of benzene rings is 1. The molecule has 5 nitrogen and oxygen atoms in total. The van der Waals surface area contributed by atoms with Crippen LogP contribution in [0.5, 0.6) is 5.75 Å². The number of carbonyl (C=O) groups excluding carboxylic acids is 2. The standard InChI is InChI=1S/C16H22N2O3/c1-4-14(19)12-6-7-15-13(10-12)18(16(20)11-21-15)9-5-8-17(2)3/h6-7,10H,4-5,8-9,11H2,1-3H3. The Labute approximate surface area is 125 Å². The van der Waals surface area contributed by atoms with Gasteiger partial charge >= 0.3 is 0 Å². The van der Waals surface area contributed by atoms with Gasteiger partial charge in [-0.15, -0.1) is 0 Å². The van der Waals surface area contributed by atoms with E-state index in [1.54, 1.807) is 23.1 Å². The van der Waals surface area contributed by atoms with Crippen LogP contribution >= 0.6 is 0 Å². The third-order valence-electron chi connectivity index (χ3n) is 3.53. The second-order valence-electron chi connectivity index (χ2n) is 5.45. The number of rotatable bonds is 6. The quantitative estimate of drug-likeness (QED) is 0.752. The number of hydrogen-bond acceptors (Lipinski definition) is 4. The Morgan fingerprint density at radius 3 is 2.81 bits per heavy atom. The summed E-state index contributed by atoms with van der Waals surface area (Å²) in [4.78, 5) is 27.7. The summed E-state index contributed by atoms with van der Waals surface area (Å²) in [6, 6.07) is 5.32. The lowest BCUT2D eigenvalue weighted by Gasteiger charge is -2.30. The molecule has 0 fully saturated rings. The first kappa shape index (κ1) is 15.5. The molecule has 114 valence electrons. The number of nitrogens with zero attached hydrogens (tertiary/aromatic N) is 2. The molecule has 5 heteroatoms. The van der Waals surface area contributed by atoms with Crippen molar-refractivity contribution < 1.29 is 14.3 Å². The average Bonchev–Trinajstić information content (AvgIpc) is 2.47. The summed E-state index contributed by atoms with van der Waals surface area (Å²) in [5.74, 6) is 0.693. The molecule has 0 N–H and O–H groups in total. The first-order valence-corrected chi connectivity index (χ1v) is 7.28. The summed E-state index contributed by atoms with van der Waals surface area (Å²) in [5.41, 5.74) is 1.34. The Hall–Kier alpha value is -1.88. The van der Waals surface area contributed by atoms with Gasteiger partial charge in [-0.2, -0.15) is 0 Å². The van der Waals surface area contributed by atoms with Crippen molar-refractivity contribution >= 4 is 17.4 Å². The van der Waals surface area contributed by atoms with E-state index >= 15 is 0 Å². The van der Waals surface area contributed by atoms with Gasteiger partial charge in [-0.25, -0.2) is 0 Å². The lowest BCUT2D eigenvalue weighted by atomic mass is 10.1. The van der Waals surface area contributed by atoms with Crippen LogP contribution in [0.15, 0.2) is 18.2 Å². The van der Waals surface area contributed by atoms with Gasteiger partial charge in [0.05, 0.1) is 5.69 Å². The van der Waals surface area contributed by atoms with Gasteiger partial charge in [0, 0.05) is 18.5 Å². The molecule has 0 spiro atoms. The van der Waals surface area contributed by atoms with E-state index in [-0.39, 0.29) is 18.3 Å². The number of amides is 1. The maximum absolute atomic E-state index is 12.1. The topological polar surface area (TPSA) is 49.9 Å². The van der Waals surface area contributed by atoms with Crippen LogP contribution in [0.25, 0.3) is 0 Å². The average molecular weight is 290 g/mol. The van der Waals surface area contributed by atoms with Crippen LogP contribution in [0.3, 0.4) is 0 Å². The maximum Gasteiger partial charge on any atom is 0.265 e. The fourth-order valence-electron chi connectivity index (χ4n) is 2.37. The molecule has 0 aromatic heterocycles. The molecule has 1 amide bonds. The Kier molecular flexibility index (Phi) is 4.96. The number of anilines is 1. The smallest absolute Gasteiger partial charge is 0.265 e. The summed E-state index contributed by atoms with van der Waals surface area (Å²) >= 11 is 0. The first-order valence-electron chi connectivity index (χ1n) is 7.28. The number of ether oxygens (including phenoxy) is 1. The van der Waals surface area contributed by atoms with Crippen molar-refractivity contribution in [1.82, 2.24) is 4.90 Å². The van der Waals surface area contributed by atoms with Gasteiger partial charge in [-0.1, -0.05) is 6.92 Å². The molecule has 0 bridgehead atoms. The molecule has 1 aliphatic rings. The highest BCUT2D eigenvalue weighted by molar-refractivity contribution is 6.01. The van der Waals surface area contributed by atoms with Crippen molar-refractivity contribution in [3.05, 3.63) is 23.8 Å². The second kappa shape index (κ2) is 6.72. The molecule has 0 atom stereocenters. The molecular weight excluding hydrogens is 268 g/mol. The van der Waals surface area contributed by atoms with Gasteiger partial charge in [0.1, 0.15) is 5.75 Å². The number of carbonyl (C=O) groups is 2. The summed E-state index contributed by atoms with van der Waals surface area (Å²) in [6.45, 7) is 3.44. The van der Waals surface area contributed by atoms with Crippen LogP contribution in [0.1, 0.15) is 30.1 Å². The zero-order valence-electron chi connectivity index (χ0n) is 12.9. The molecule has 0 unspecified atom stereocenters. The fraction of sp³-hybridized carbons (Fsp3) is 0.500. The van der Waals surface area contributed by atoms with Gasteiger partial charge in [-0.3, -0.25) is 9.59 Å². The second-order valence-corrected chi connectivity index (χ2v) is 5.45. The van der Waals surface area contributed by atoms with E-state index in [1.807, 2.05) is 21.0 Å². The van der Waals surface area contributed by atoms with Crippen LogP contribution < -0.4 is 9.64 Å². The summed E-state index contributed by atoms with van der Waals surface area (Å²) in [5, 5.41) is 0. The number of Topliss-reactive ketones (excluding diaryl/α,β-unsaturated/α-hetero) is 1. The largest absolute Gasteiger partial charge is 0.482 e. The number of fused-ring (bicyclic) bond motifs is 1. The highest BCUT2D eigenvalue weighted by atomic mass is 16.5. The van der Waals surface area contributed by atoms with Gasteiger partial charge in [0.15, 0.2) is 12.4 Å². The van der Waals surface area contributed by atoms with Crippen LogP contribution in [-0.2, 0) is 4.79 Å². The summed E-state index contributed by atoms with van der Waals surface area (Å²) in [6.07, 6.45) is 1.33. The van der Waals surface area contributed by atoms with Gasteiger partial charge < -0.3 is 14.5 Å². The van der Waals surface area contributed by atoms with Gasteiger partial charge in [0.25, 0.3) is 5.91 Å². The van der Waals surface area contributed by atoms with E-state index in [1.165, 1.54) is 0 Å². The Morgan fingerprint density at radius 2 is 2.14 bits per heavy atom. The molecule has 1 aromatic rings. The highest BCUT2D eigenvalue weighted by Crippen LogP contribution is 2.33. The normalized spacial score (nSPS) is 14.1. The van der Waals surface area contributed by atoms with E-state index in [0.717, 1.165) is 13.0 Å². The molecule has 0 radical (unpaired) electrons. The highest BCUT2D eigenvalue weighted by Gasteiger charge is 2.26. The molecule has 2 rings (SSSR count). The zero-order chi connectivity index (χ0) is 15.4. The number of hydrogen-bond donors (Lipinski definition) is 0. The SMILES string of the molecule is CCC(=O)c1ccc2c(c1)N(CCCN(C)C)C(=O)CO2. The minimum atomic E-state index is -0.0534. The van der Waals surface area contributed by atoms with Crippen LogP contribution in [0, 0.1) is 0 Å². The van der Waals surface area contributed by atoms with Crippen molar-refractivity contribution in [2.24, 2.45) is 0 Å². The van der Waals surface area contributed by atoms with Gasteiger partial charge in [0.2, 0.25) is 0 Å². The fourth-order valence-corrected chi connectivity index (χ4v) is 2.37. The van der Waals surface area contributed by atoms with Crippen LogP contribution in [0.2, 0.25) is 0 Å². The van der Waals surface area contributed by atoms with Crippen LogP contribution in [-0.4, -0.2) is 50.4 Å². The molecule has 21 heavy (non-hydrogen) atoms. The summed E-state index contributed by atoms with van der Waals surface area (Å²) < 4.78 is 5.45. The van der Waals surface area contributed by atoms with E-state index in [9.17, 15) is 9.59 Å². The minimum absolute atomic E-state index is 0.0534. The monoisotopic (exact) mass is 290 g/mol. The van der Waals surface area contributed by atoms with Crippen LogP contribution in [0.4, 0.5) is 5.69 Å². The predicted octanol–water partition coefficient (Wildman–Crippen LogP) is 1.96. The minimum Gasteiger partial charge on any atom is -0.482 e. The maximum atomic E-state index is 12.1. The molecule has 1 aliphatic heterocycles. The lowest BCUT2D eigenvalue weighted by molar-refractivity contribution is -0.121. The Bertz CT molecular complexity index is 540. The van der Waals surface area contributed by atoms with Gasteiger partial charge in [-0.05, 0) is 45.3 Å². The van der Waals surface area contributed by atoms with Crippen molar-refractivity contribution in [2.75, 3.05) is 38.7 Å². The van der Waals surface area contributed by atoms with E-state index in [0.29, 0.717) is 30.0 Å². The Balaban J connectivity index is 2.23. The molecular formula is C16H22N2O3. The molecule has 0 saturated carbocycles. The first-order chi connectivity index (χ1) is 10.0. The van der Waals surface area contributed by atoms with Crippen molar-refractivity contribution in [2.45, 2.75) is 19.8 Å². The van der Waals surface area contributed by atoms with Crippen molar-refractivity contribution in [3.8, 4) is 5.75 Å².